The van der Waals surface area contributed by atoms with Gasteiger partial charge in [-0.25, -0.2) is 4.98 Å². The molecule has 1 aliphatic carbocycles. The van der Waals surface area contributed by atoms with Gasteiger partial charge in [0.2, 0.25) is 11.8 Å². The van der Waals surface area contributed by atoms with Crippen molar-refractivity contribution in [3.05, 3.63) is 24.5 Å². The first-order valence-electron chi connectivity index (χ1n) is 9.25. The summed E-state index contributed by atoms with van der Waals surface area (Å²) >= 11 is 0. The highest BCUT2D eigenvalue weighted by Crippen LogP contribution is 2.39. The largest absolute Gasteiger partial charge is 0.461 e. The molecule has 1 saturated carbocycles. The highest BCUT2D eigenvalue weighted by molar-refractivity contribution is 5.59. The van der Waals surface area contributed by atoms with Crippen molar-refractivity contribution < 1.29 is 9.15 Å². The lowest BCUT2D eigenvalue weighted by Crippen LogP contribution is -2.49. The Morgan fingerprint density at radius 1 is 1.22 bits per heavy atom. The molecular weight excluding hydrogens is 346 g/mol. The van der Waals surface area contributed by atoms with Crippen molar-refractivity contribution in [2.45, 2.75) is 18.4 Å². The second-order valence-corrected chi connectivity index (χ2v) is 7.31. The summed E-state index contributed by atoms with van der Waals surface area (Å²) in [7, 11) is 1.82. The van der Waals surface area contributed by atoms with Gasteiger partial charge in [-0.2, -0.15) is 9.50 Å². The van der Waals surface area contributed by atoms with Crippen LogP contribution in [0.25, 0.3) is 17.2 Å². The van der Waals surface area contributed by atoms with Crippen molar-refractivity contribution in [2.24, 2.45) is 0 Å². The van der Waals surface area contributed by atoms with Gasteiger partial charge in [0.25, 0.3) is 0 Å². The molecule has 2 fully saturated rings. The minimum absolute atomic E-state index is 0.105. The van der Waals surface area contributed by atoms with Crippen LogP contribution in [-0.2, 0) is 4.74 Å². The summed E-state index contributed by atoms with van der Waals surface area (Å²) < 4.78 is 12.6. The number of fused-ring (bicyclic) bond motifs is 1. The SMILES string of the molecule is COC1(CN2CCN(c3cc4nc(-c5ccco5)nn4c(N)n3)CC2)CC1. The number of ether oxygens (including phenoxy) is 1. The maximum Gasteiger partial charge on any atom is 0.225 e. The molecule has 1 aliphatic heterocycles. The summed E-state index contributed by atoms with van der Waals surface area (Å²) in [6, 6.07) is 5.57. The van der Waals surface area contributed by atoms with Crippen molar-refractivity contribution in [1.82, 2.24) is 24.5 Å². The molecule has 9 nitrogen and oxygen atoms in total. The molecular formula is C18H23N7O2. The van der Waals surface area contributed by atoms with Crippen LogP contribution in [0.5, 0.6) is 0 Å². The molecule has 0 unspecified atom stereocenters. The van der Waals surface area contributed by atoms with E-state index in [1.54, 1.807) is 10.8 Å². The van der Waals surface area contributed by atoms with E-state index in [1.165, 1.54) is 12.8 Å². The second kappa shape index (κ2) is 6.21. The van der Waals surface area contributed by atoms with Gasteiger partial charge in [-0.15, -0.1) is 5.10 Å². The lowest BCUT2D eigenvalue weighted by molar-refractivity contribution is 0.0418. The van der Waals surface area contributed by atoms with Gasteiger partial charge in [0.1, 0.15) is 5.82 Å². The number of nitrogen functional groups attached to an aromatic ring is 1. The van der Waals surface area contributed by atoms with Crippen LogP contribution in [-0.4, -0.2) is 69.9 Å². The number of nitrogens with zero attached hydrogens (tertiary/aromatic N) is 6. The smallest absolute Gasteiger partial charge is 0.225 e. The lowest BCUT2D eigenvalue weighted by Gasteiger charge is -2.36. The standard InChI is InChI=1S/C18H23N7O2/c1-26-18(4-5-18)12-23-6-8-24(9-7-23)14-11-15-20-16(13-3-2-10-27-13)22-25(15)17(19)21-14/h2-3,10-11H,4-9,12H2,1H3,(H2,19,21). The zero-order valence-corrected chi connectivity index (χ0v) is 15.3. The Morgan fingerprint density at radius 2 is 2.04 bits per heavy atom. The maximum atomic E-state index is 6.13. The number of aromatic nitrogens is 4. The van der Waals surface area contributed by atoms with Gasteiger partial charge in [0.05, 0.1) is 11.9 Å². The van der Waals surface area contributed by atoms with Crippen LogP contribution in [0.2, 0.25) is 0 Å². The average Bonchev–Trinajstić information content (AvgIpc) is 3.09. The van der Waals surface area contributed by atoms with Gasteiger partial charge in [-0.05, 0) is 25.0 Å². The Bertz CT molecular complexity index is 940. The molecule has 0 bridgehead atoms. The number of hydrogen-bond acceptors (Lipinski definition) is 8. The summed E-state index contributed by atoms with van der Waals surface area (Å²) in [4.78, 5) is 13.8. The fourth-order valence-corrected chi connectivity index (χ4v) is 3.68. The summed E-state index contributed by atoms with van der Waals surface area (Å²) in [5, 5.41) is 4.39. The summed E-state index contributed by atoms with van der Waals surface area (Å²) in [6.45, 7) is 4.80. The van der Waals surface area contributed by atoms with Crippen molar-refractivity contribution in [1.29, 1.82) is 0 Å². The van der Waals surface area contributed by atoms with E-state index in [1.807, 2.05) is 25.3 Å². The summed E-state index contributed by atoms with van der Waals surface area (Å²) in [5.41, 5.74) is 6.91. The van der Waals surface area contributed by atoms with E-state index < -0.39 is 0 Å². The van der Waals surface area contributed by atoms with Crippen molar-refractivity contribution in [3.8, 4) is 11.6 Å². The zero-order valence-electron chi connectivity index (χ0n) is 15.3. The zero-order chi connectivity index (χ0) is 18.4. The molecule has 3 aromatic heterocycles. The van der Waals surface area contributed by atoms with Crippen LogP contribution in [0.4, 0.5) is 11.8 Å². The molecule has 0 spiro atoms. The first-order chi connectivity index (χ1) is 13.2. The van der Waals surface area contributed by atoms with E-state index in [0.29, 0.717) is 23.2 Å². The Labute approximate surface area is 156 Å². The van der Waals surface area contributed by atoms with Crippen LogP contribution in [0.3, 0.4) is 0 Å². The number of hydrogen-bond donors (Lipinski definition) is 1. The second-order valence-electron chi connectivity index (χ2n) is 7.31. The van der Waals surface area contributed by atoms with E-state index in [2.05, 4.69) is 24.9 Å². The fraction of sp³-hybridized carbons (Fsp3) is 0.500. The van der Waals surface area contributed by atoms with E-state index in [9.17, 15) is 0 Å². The summed E-state index contributed by atoms with van der Waals surface area (Å²) in [6.07, 6.45) is 3.94. The molecule has 0 atom stereocenters. The van der Waals surface area contributed by atoms with Gasteiger partial charge < -0.3 is 19.8 Å². The lowest BCUT2D eigenvalue weighted by atomic mass is 10.2. The molecule has 9 heteroatoms. The van der Waals surface area contributed by atoms with Crippen LogP contribution in [0.15, 0.2) is 28.9 Å². The van der Waals surface area contributed by atoms with Crippen molar-refractivity contribution >= 4 is 17.4 Å². The Balaban J connectivity index is 1.33. The third kappa shape index (κ3) is 3.02. The number of furan rings is 1. The topological polar surface area (TPSA) is 98.0 Å². The summed E-state index contributed by atoms with van der Waals surface area (Å²) in [5.74, 6) is 2.28. The van der Waals surface area contributed by atoms with Crippen molar-refractivity contribution in [3.63, 3.8) is 0 Å². The predicted octanol–water partition coefficient (Wildman–Crippen LogP) is 1.27. The predicted molar refractivity (Wildman–Crippen MR) is 101 cm³/mol. The van der Waals surface area contributed by atoms with Gasteiger partial charge in [0.15, 0.2) is 11.4 Å². The highest BCUT2D eigenvalue weighted by atomic mass is 16.5. The monoisotopic (exact) mass is 369 g/mol. The minimum Gasteiger partial charge on any atom is -0.461 e. The number of anilines is 2. The molecule has 27 heavy (non-hydrogen) atoms. The van der Waals surface area contributed by atoms with Gasteiger partial charge >= 0.3 is 0 Å². The Hall–Kier alpha value is -2.65. The number of piperazine rings is 1. The quantitative estimate of drug-likeness (QED) is 0.718. The number of methoxy groups -OCH3 is 1. The maximum absolute atomic E-state index is 6.13. The average molecular weight is 369 g/mol. The van der Waals surface area contributed by atoms with Crippen LogP contribution >= 0.6 is 0 Å². The van der Waals surface area contributed by atoms with E-state index in [0.717, 1.165) is 38.5 Å². The van der Waals surface area contributed by atoms with Crippen LogP contribution in [0.1, 0.15) is 12.8 Å². The van der Waals surface area contributed by atoms with Gasteiger partial charge in [0, 0.05) is 45.9 Å². The fourth-order valence-electron chi connectivity index (χ4n) is 3.68. The molecule has 5 rings (SSSR count). The first kappa shape index (κ1) is 16.5. The van der Waals surface area contributed by atoms with Gasteiger partial charge in [-0.3, -0.25) is 4.90 Å². The number of rotatable bonds is 5. The highest BCUT2D eigenvalue weighted by Gasteiger charge is 2.44. The Kier molecular flexibility index (Phi) is 3.80. The molecule has 4 heterocycles. The molecule has 0 aromatic carbocycles. The van der Waals surface area contributed by atoms with Crippen molar-refractivity contribution in [2.75, 3.05) is 50.5 Å². The minimum atomic E-state index is 0.105. The number of nitrogens with two attached hydrogens (primary N) is 1. The third-order valence-electron chi connectivity index (χ3n) is 5.53. The van der Waals surface area contributed by atoms with E-state index >= 15 is 0 Å². The third-order valence-corrected chi connectivity index (χ3v) is 5.53. The molecule has 142 valence electrons. The van der Waals surface area contributed by atoms with Crippen LogP contribution in [0, 0.1) is 0 Å². The molecule has 1 saturated heterocycles. The van der Waals surface area contributed by atoms with Crippen LogP contribution < -0.4 is 10.6 Å². The Morgan fingerprint density at radius 3 is 2.70 bits per heavy atom. The molecule has 0 radical (unpaired) electrons. The van der Waals surface area contributed by atoms with E-state index in [4.69, 9.17) is 14.9 Å². The molecule has 0 amide bonds. The first-order valence-corrected chi connectivity index (χ1v) is 9.25. The van der Waals surface area contributed by atoms with E-state index in [-0.39, 0.29) is 5.60 Å². The molecule has 2 N–H and O–H groups in total. The van der Waals surface area contributed by atoms with Gasteiger partial charge in [-0.1, -0.05) is 0 Å². The molecule has 3 aromatic rings. The molecule has 2 aliphatic rings. The normalized spacial score (nSPS) is 19.7.